The molecule has 34 heavy (non-hydrogen) atoms. The highest BCUT2D eigenvalue weighted by Gasteiger charge is 2.65. The molecule has 8 atom stereocenters. The van der Waals surface area contributed by atoms with Crippen LogP contribution in [0.5, 0.6) is 0 Å². The molecule has 2 heteroatoms. The molecule has 4 aliphatic carbocycles. The molecule has 4 rings (SSSR count). The van der Waals surface area contributed by atoms with E-state index in [2.05, 4.69) is 61.5 Å². The van der Waals surface area contributed by atoms with Crippen molar-refractivity contribution in [2.24, 2.45) is 51.2 Å². The van der Waals surface area contributed by atoms with Crippen LogP contribution in [0.25, 0.3) is 0 Å². The summed E-state index contributed by atoms with van der Waals surface area (Å²) < 4.78 is 5.87. The highest BCUT2D eigenvalue weighted by Crippen LogP contribution is 2.73. The molecule has 0 radical (unpaired) electrons. The van der Waals surface area contributed by atoms with Crippen LogP contribution in [0.4, 0.5) is 0 Å². The maximum absolute atomic E-state index is 11.8. The Balaban J connectivity index is 1.59. The van der Waals surface area contributed by atoms with E-state index in [4.69, 9.17) is 4.74 Å². The number of rotatable bonds is 6. The van der Waals surface area contributed by atoms with E-state index in [1.807, 2.05) is 0 Å². The lowest BCUT2D eigenvalue weighted by Crippen LogP contribution is -2.58. The van der Waals surface area contributed by atoms with Gasteiger partial charge in [0.1, 0.15) is 6.10 Å². The molecule has 1 unspecified atom stereocenters. The predicted molar refractivity (Wildman–Crippen MR) is 142 cm³/mol. The van der Waals surface area contributed by atoms with E-state index in [9.17, 15) is 4.79 Å². The summed E-state index contributed by atoms with van der Waals surface area (Å²) in [6, 6.07) is 0. The van der Waals surface area contributed by atoms with Crippen LogP contribution in [-0.2, 0) is 9.53 Å². The molecular formula is C32H54O2. The third kappa shape index (κ3) is 3.92. The Kier molecular flexibility index (Phi) is 6.92. The molecule has 4 aliphatic rings. The Morgan fingerprint density at radius 3 is 2.32 bits per heavy atom. The molecule has 0 saturated heterocycles. The molecule has 0 aliphatic heterocycles. The fourth-order valence-electron chi connectivity index (χ4n) is 10.1. The first-order chi connectivity index (χ1) is 15.8. The topological polar surface area (TPSA) is 26.3 Å². The quantitative estimate of drug-likeness (QED) is 0.286. The smallest absolute Gasteiger partial charge is 0.302 e. The first-order valence-corrected chi connectivity index (χ1v) is 14.6. The summed E-state index contributed by atoms with van der Waals surface area (Å²) in [5.74, 6) is 3.75. The zero-order chi connectivity index (χ0) is 25.1. The standard InChI is InChI=1S/C32H54O2/c1-21(2)11-10-12-22(3)24-15-19-32(9)26-13-14-27-29(5,6)28(34-23(4)33)17-18-30(27,7)25(26)16-20-31(24,32)8/h16,21-22,24,26-28H,10-15,17-20H2,1-9H3/t22-,24-,26-,27+,28?,30-,31-,32+/m1/s1. The normalized spacial score (nSPS) is 44.0. The number of allylic oxidation sites excluding steroid dienone is 2. The van der Waals surface area contributed by atoms with Gasteiger partial charge in [-0.3, -0.25) is 4.79 Å². The van der Waals surface area contributed by atoms with Gasteiger partial charge in [0, 0.05) is 12.3 Å². The Morgan fingerprint density at radius 1 is 0.971 bits per heavy atom. The van der Waals surface area contributed by atoms with Gasteiger partial charge < -0.3 is 4.74 Å². The number of ether oxygens (including phenoxy) is 1. The number of hydrogen-bond donors (Lipinski definition) is 0. The summed E-state index contributed by atoms with van der Waals surface area (Å²) in [5, 5.41) is 0. The highest BCUT2D eigenvalue weighted by atomic mass is 16.5. The van der Waals surface area contributed by atoms with Crippen molar-refractivity contribution in [2.75, 3.05) is 0 Å². The van der Waals surface area contributed by atoms with E-state index >= 15 is 0 Å². The Hall–Kier alpha value is -0.790. The number of carbonyl (C=O) groups is 1. The van der Waals surface area contributed by atoms with Gasteiger partial charge in [-0.25, -0.2) is 0 Å². The fraction of sp³-hybridized carbons (Fsp3) is 0.906. The van der Waals surface area contributed by atoms with E-state index < -0.39 is 0 Å². The van der Waals surface area contributed by atoms with Crippen LogP contribution in [0.1, 0.15) is 127 Å². The minimum atomic E-state index is -0.116. The molecule has 0 spiro atoms. The average molecular weight is 471 g/mol. The molecule has 0 aromatic heterocycles. The molecule has 0 bridgehead atoms. The van der Waals surface area contributed by atoms with E-state index in [0.29, 0.717) is 16.7 Å². The maximum atomic E-state index is 11.8. The van der Waals surface area contributed by atoms with Gasteiger partial charge in [0.15, 0.2) is 0 Å². The molecule has 3 fully saturated rings. The SMILES string of the molecule is CC(=O)OC1CC[C@]2(C)C3=CC[C@]4(C)[C@@H]([C@H](C)CCCC(C)C)CC[C@@]4(C)[C@@H]3CC[C@H]2C1(C)C. The first-order valence-electron chi connectivity index (χ1n) is 14.6. The molecule has 0 aromatic carbocycles. The summed E-state index contributed by atoms with van der Waals surface area (Å²) in [4.78, 5) is 11.8. The Morgan fingerprint density at radius 2 is 1.68 bits per heavy atom. The predicted octanol–water partition coefficient (Wildman–Crippen LogP) is 8.99. The van der Waals surface area contributed by atoms with E-state index in [1.165, 1.54) is 57.8 Å². The van der Waals surface area contributed by atoms with Crippen LogP contribution >= 0.6 is 0 Å². The van der Waals surface area contributed by atoms with Crippen LogP contribution in [0.2, 0.25) is 0 Å². The second-order valence-electron chi connectivity index (χ2n) is 14.7. The third-order valence-electron chi connectivity index (χ3n) is 12.3. The van der Waals surface area contributed by atoms with Gasteiger partial charge >= 0.3 is 5.97 Å². The first kappa shape index (κ1) is 26.3. The highest BCUT2D eigenvalue weighted by molar-refractivity contribution is 5.66. The van der Waals surface area contributed by atoms with Crippen molar-refractivity contribution in [1.82, 2.24) is 0 Å². The third-order valence-corrected chi connectivity index (χ3v) is 12.3. The van der Waals surface area contributed by atoms with E-state index in [1.54, 1.807) is 12.5 Å². The van der Waals surface area contributed by atoms with Gasteiger partial charge in [0.2, 0.25) is 0 Å². The van der Waals surface area contributed by atoms with Crippen molar-refractivity contribution < 1.29 is 9.53 Å². The second-order valence-corrected chi connectivity index (χ2v) is 14.7. The summed E-state index contributed by atoms with van der Waals surface area (Å²) in [5.41, 5.74) is 2.96. The molecule has 2 nitrogen and oxygen atoms in total. The summed E-state index contributed by atoms with van der Waals surface area (Å²) >= 11 is 0. The van der Waals surface area contributed by atoms with Crippen molar-refractivity contribution in [3.63, 3.8) is 0 Å². The number of hydrogen-bond acceptors (Lipinski definition) is 2. The van der Waals surface area contributed by atoms with Gasteiger partial charge in [0.05, 0.1) is 0 Å². The van der Waals surface area contributed by atoms with Crippen molar-refractivity contribution in [2.45, 2.75) is 133 Å². The van der Waals surface area contributed by atoms with Crippen molar-refractivity contribution in [1.29, 1.82) is 0 Å². The van der Waals surface area contributed by atoms with Gasteiger partial charge in [-0.05, 0) is 90.8 Å². The van der Waals surface area contributed by atoms with Crippen LogP contribution in [0.3, 0.4) is 0 Å². The average Bonchev–Trinajstić information content (AvgIpc) is 3.01. The molecule has 0 N–H and O–H groups in total. The molecule has 3 saturated carbocycles. The van der Waals surface area contributed by atoms with Crippen molar-refractivity contribution >= 4 is 5.97 Å². The van der Waals surface area contributed by atoms with Crippen LogP contribution < -0.4 is 0 Å². The number of fused-ring (bicyclic) bond motifs is 5. The zero-order valence-corrected chi connectivity index (χ0v) is 23.9. The lowest BCUT2D eigenvalue weighted by atomic mass is 9.41. The van der Waals surface area contributed by atoms with Gasteiger partial charge in [-0.2, -0.15) is 0 Å². The maximum Gasteiger partial charge on any atom is 0.302 e. The summed E-state index contributed by atoms with van der Waals surface area (Å²) in [7, 11) is 0. The Labute approximate surface area is 211 Å². The fourth-order valence-corrected chi connectivity index (χ4v) is 10.1. The van der Waals surface area contributed by atoms with E-state index in [-0.39, 0.29) is 22.9 Å². The molecule has 0 amide bonds. The monoisotopic (exact) mass is 470 g/mol. The lowest BCUT2D eigenvalue weighted by molar-refractivity contribution is -0.170. The minimum Gasteiger partial charge on any atom is -0.462 e. The van der Waals surface area contributed by atoms with Crippen molar-refractivity contribution in [3.05, 3.63) is 11.6 Å². The lowest BCUT2D eigenvalue weighted by Gasteiger charge is -2.64. The molecule has 0 aromatic rings. The summed E-state index contributed by atoms with van der Waals surface area (Å²) in [6.45, 7) is 21.6. The zero-order valence-electron chi connectivity index (χ0n) is 23.9. The number of carbonyl (C=O) groups excluding carboxylic acids is 1. The Bertz CT molecular complexity index is 808. The molecule has 194 valence electrons. The summed E-state index contributed by atoms with van der Waals surface area (Å²) in [6.07, 6.45) is 15.9. The van der Waals surface area contributed by atoms with Crippen LogP contribution in [0, 0.1) is 51.2 Å². The molecule has 0 heterocycles. The van der Waals surface area contributed by atoms with Gasteiger partial charge in [-0.15, -0.1) is 0 Å². The number of esters is 1. The largest absolute Gasteiger partial charge is 0.462 e. The second kappa shape index (κ2) is 8.95. The minimum absolute atomic E-state index is 0.0370. The van der Waals surface area contributed by atoms with Crippen molar-refractivity contribution in [3.8, 4) is 0 Å². The van der Waals surface area contributed by atoms with Gasteiger partial charge in [-0.1, -0.05) is 86.3 Å². The van der Waals surface area contributed by atoms with Crippen LogP contribution in [0.15, 0.2) is 11.6 Å². The van der Waals surface area contributed by atoms with E-state index in [0.717, 1.165) is 30.1 Å². The van der Waals surface area contributed by atoms with Gasteiger partial charge in [0.25, 0.3) is 0 Å². The van der Waals surface area contributed by atoms with Crippen LogP contribution in [-0.4, -0.2) is 12.1 Å². The molecular weight excluding hydrogens is 416 g/mol.